The molecule has 0 radical (unpaired) electrons. The first-order valence-electron chi connectivity index (χ1n) is 5.93. The molecule has 0 fully saturated rings. The molecule has 0 spiro atoms. The number of fused-ring (bicyclic) bond motifs is 1. The van der Waals surface area contributed by atoms with Crippen molar-refractivity contribution in [2.45, 2.75) is 0 Å². The van der Waals surface area contributed by atoms with Gasteiger partial charge in [0.1, 0.15) is 5.82 Å². The Bertz CT molecular complexity index is 861. The number of aromatic nitrogens is 2. The highest BCUT2D eigenvalue weighted by atomic mass is 35.5. The van der Waals surface area contributed by atoms with Crippen molar-refractivity contribution in [3.63, 3.8) is 0 Å². The number of rotatable bonds is 1. The molecule has 3 aromatic rings. The number of benzene rings is 2. The minimum absolute atomic E-state index is 0.0623. The van der Waals surface area contributed by atoms with Gasteiger partial charge in [-0.05, 0) is 30.3 Å². The van der Waals surface area contributed by atoms with Crippen molar-refractivity contribution in [3.05, 3.63) is 52.8 Å². The van der Waals surface area contributed by atoms with Gasteiger partial charge in [0.25, 0.3) is 0 Å². The topological polar surface area (TPSA) is 41.6 Å². The van der Waals surface area contributed by atoms with E-state index < -0.39 is 5.82 Å². The van der Waals surface area contributed by atoms with E-state index in [2.05, 4.69) is 11.1 Å². The van der Waals surface area contributed by atoms with E-state index >= 15 is 0 Å². The Labute approximate surface area is 119 Å². The molecule has 0 aliphatic rings. The lowest BCUT2D eigenvalue weighted by Crippen LogP contribution is -1.95. The van der Waals surface area contributed by atoms with Crippen molar-refractivity contribution < 1.29 is 4.39 Å². The zero-order valence-corrected chi connectivity index (χ0v) is 11.3. The van der Waals surface area contributed by atoms with Crippen LogP contribution >= 0.6 is 11.6 Å². The number of halogens is 2. The first kappa shape index (κ1) is 12.6. The Morgan fingerprint density at radius 2 is 2.10 bits per heavy atom. The van der Waals surface area contributed by atoms with Crippen LogP contribution in [0.15, 0.2) is 36.4 Å². The summed E-state index contributed by atoms with van der Waals surface area (Å²) in [6, 6.07) is 12.1. The number of imidazole rings is 1. The molecule has 2 aromatic carbocycles. The van der Waals surface area contributed by atoms with Crippen molar-refractivity contribution in [1.82, 2.24) is 9.55 Å². The third-order valence-electron chi connectivity index (χ3n) is 3.20. The second-order valence-electron chi connectivity index (χ2n) is 4.41. The fourth-order valence-electron chi connectivity index (χ4n) is 2.18. The first-order chi connectivity index (χ1) is 9.61. The summed E-state index contributed by atoms with van der Waals surface area (Å²) < 4.78 is 15.9. The molecule has 0 saturated carbocycles. The molecule has 3 rings (SSSR count). The molecule has 0 bridgehead atoms. The predicted molar refractivity (Wildman–Crippen MR) is 75.8 cm³/mol. The summed E-state index contributed by atoms with van der Waals surface area (Å²) in [5, 5.41) is 9.00. The summed E-state index contributed by atoms with van der Waals surface area (Å²) in [6.07, 6.45) is 0. The maximum Gasteiger partial charge on any atom is 0.152 e. The van der Waals surface area contributed by atoms with Crippen LogP contribution in [0.25, 0.3) is 22.4 Å². The SMILES string of the molecule is Cn1c(-c2cccc(Cl)c2F)nc2ccc(C#N)cc21. The van der Waals surface area contributed by atoms with Crippen LogP contribution in [0.3, 0.4) is 0 Å². The quantitative estimate of drug-likeness (QED) is 0.680. The van der Waals surface area contributed by atoms with Crippen LogP contribution in [0, 0.1) is 17.1 Å². The summed E-state index contributed by atoms with van der Waals surface area (Å²) in [5.74, 6) is -0.0110. The molecule has 5 heteroatoms. The second-order valence-corrected chi connectivity index (χ2v) is 4.82. The van der Waals surface area contributed by atoms with E-state index in [4.69, 9.17) is 16.9 Å². The van der Waals surface area contributed by atoms with Crippen molar-refractivity contribution in [1.29, 1.82) is 5.26 Å². The Morgan fingerprint density at radius 3 is 2.85 bits per heavy atom. The van der Waals surface area contributed by atoms with Crippen LogP contribution in [0.4, 0.5) is 4.39 Å². The number of hydrogen-bond acceptors (Lipinski definition) is 2. The molecule has 0 atom stereocenters. The first-order valence-corrected chi connectivity index (χ1v) is 6.30. The lowest BCUT2D eigenvalue weighted by atomic mass is 10.2. The maximum atomic E-state index is 14.1. The lowest BCUT2D eigenvalue weighted by molar-refractivity contribution is 0.629. The summed E-state index contributed by atoms with van der Waals surface area (Å²) in [6.45, 7) is 0. The maximum absolute atomic E-state index is 14.1. The molecule has 20 heavy (non-hydrogen) atoms. The summed E-state index contributed by atoms with van der Waals surface area (Å²) >= 11 is 5.81. The highest BCUT2D eigenvalue weighted by Crippen LogP contribution is 2.29. The van der Waals surface area contributed by atoms with Crippen LogP contribution in [0.5, 0.6) is 0 Å². The summed E-state index contributed by atoms with van der Waals surface area (Å²) in [4.78, 5) is 4.41. The van der Waals surface area contributed by atoms with Gasteiger partial charge in [0.15, 0.2) is 5.82 Å². The van der Waals surface area contributed by atoms with Gasteiger partial charge in [0.2, 0.25) is 0 Å². The average Bonchev–Trinajstić information content (AvgIpc) is 2.78. The lowest BCUT2D eigenvalue weighted by Gasteiger charge is -2.04. The minimum atomic E-state index is -0.493. The molecular weight excluding hydrogens is 277 g/mol. The zero-order valence-electron chi connectivity index (χ0n) is 10.6. The highest BCUT2D eigenvalue weighted by molar-refractivity contribution is 6.31. The van der Waals surface area contributed by atoms with E-state index in [1.54, 1.807) is 41.9 Å². The molecule has 0 aliphatic heterocycles. The van der Waals surface area contributed by atoms with Crippen LogP contribution in [-0.4, -0.2) is 9.55 Å². The van der Waals surface area contributed by atoms with Crippen LogP contribution in [0.2, 0.25) is 5.02 Å². The third-order valence-corrected chi connectivity index (χ3v) is 3.49. The van der Waals surface area contributed by atoms with Gasteiger partial charge in [0, 0.05) is 7.05 Å². The van der Waals surface area contributed by atoms with Gasteiger partial charge in [-0.15, -0.1) is 0 Å². The molecule has 0 aliphatic carbocycles. The van der Waals surface area contributed by atoms with Gasteiger partial charge < -0.3 is 4.57 Å². The van der Waals surface area contributed by atoms with Gasteiger partial charge in [-0.3, -0.25) is 0 Å². The second kappa shape index (κ2) is 4.62. The van der Waals surface area contributed by atoms with Gasteiger partial charge in [-0.1, -0.05) is 17.7 Å². The summed E-state index contributed by atoms with van der Waals surface area (Å²) in [7, 11) is 1.78. The van der Waals surface area contributed by atoms with Crippen LogP contribution in [0.1, 0.15) is 5.56 Å². The standard InChI is InChI=1S/C15H9ClFN3/c1-20-13-7-9(8-18)5-6-12(13)19-15(20)10-3-2-4-11(16)14(10)17/h2-7H,1H3. The van der Waals surface area contributed by atoms with E-state index in [0.29, 0.717) is 22.5 Å². The monoisotopic (exact) mass is 285 g/mol. The molecular formula is C15H9ClFN3. The Balaban J connectivity index is 2.30. The number of nitrogens with zero attached hydrogens (tertiary/aromatic N) is 3. The van der Waals surface area contributed by atoms with Crippen molar-refractivity contribution in [3.8, 4) is 17.5 Å². The van der Waals surface area contributed by atoms with Crippen LogP contribution < -0.4 is 0 Å². The fourth-order valence-corrected chi connectivity index (χ4v) is 2.35. The molecule has 0 amide bonds. The molecule has 0 saturated heterocycles. The third kappa shape index (κ3) is 1.84. The van der Waals surface area contributed by atoms with Crippen molar-refractivity contribution in [2.24, 2.45) is 7.05 Å². The largest absolute Gasteiger partial charge is 0.327 e. The van der Waals surface area contributed by atoms with Gasteiger partial charge in [0.05, 0.1) is 33.3 Å². The van der Waals surface area contributed by atoms with Gasteiger partial charge in [-0.25, -0.2) is 9.37 Å². The number of hydrogen-bond donors (Lipinski definition) is 0. The smallest absolute Gasteiger partial charge is 0.152 e. The summed E-state index contributed by atoms with van der Waals surface area (Å²) in [5.41, 5.74) is 2.37. The predicted octanol–water partition coefficient (Wildman–Crippen LogP) is 3.90. The van der Waals surface area contributed by atoms with E-state index in [9.17, 15) is 4.39 Å². The Kier molecular flexibility index (Phi) is 2.92. The van der Waals surface area contributed by atoms with Gasteiger partial charge >= 0.3 is 0 Å². The zero-order chi connectivity index (χ0) is 14.3. The van der Waals surface area contributed by atoms with Gasteiger partial charge in [-0.2, -0.15) is 5.26 Å². The van der Waals surface area contributed by atoms with E-state index in [-0.39, 0.29) is 5.02 Å². The molecule has 0 N–H and O–H groups in total. The van der Waals surface area contributed by atoms with Crippen molar-refractivity contribution >= 4 is 22.6 Å². The van der Waals surface area contributed by atoms with Crippen molar-refractivity contribution in [2.75, 3.05) is 0 Å². The van der Waals surface area contributed by atoms with E-state index in [1.165, 1.54) is 6.07 Å². The van der Waals surface area contributed by atoms with E-state index in [0.717, 1.165) is 5.52 Å². The normalized spacial score (nSPS) is 10.7. The minimum Gasteiger partial charge on any atom is -0.327 e. The molecule has 3 nitrogen and oxygen atoms in total. The molecule has 1 aromatic heterocycles. The molecule has 98 valence electrons. The fraction of sp³-hybridized carbons (Fsp3) is 0.0667. The Morgan fingerprint density at radius 1 is 1.30 bits per heavy atom. The average molecular weight is 286 g/mol. The molecule has 0 unspecified atom stereocenters. The molecule has 1 heterocycles. The number of aryl methyl sites for hydroxylation is 1. The van der Waals surface area contributed by atoms with Crippen LogP contribution in [-0.2, 0) is 7.05 Å². The highest BCUT2D eigenvalue weighted by Gasteiger charge is 2.15. The Hall–Kier alpha value is -2.38. The van der Waals surface area contributed by atoms with E-state index in [1.807, 2.05) is 0 Å². The number of nitriles is 1.